The average Bonchev–Trinajstić information content (AvgIpc) is 2.47. The van der Waals surface area contributed by atoms with Gasteiger partial charge in [0.25, 0.3) is 0 Å². The first kappa shape index (κ1) is 14.5. The molecule has 106 valence electrons. The maximum absolute atomic E-state index is 5.45. The maximum Gasteiger partial charge on any atom is 0.0594 e. The maximum atomic E-state index is 5.45. The fourth-order valence-corrected chi connectivity index (χ4v) is 2.74. The van der Waals surface area contributed by atoms with Crippen LogP contribution in [0.5, 0.6) is 0 Å². The quantitative estimate of drug-likeness (QED) is 0.851. The summed E-state index contributed by atoms with van der Waals surface area (Å²) in [5, 5.41) is 3.32. The van der Waals surface area contributed by atoms with Crippen molar-refractivity contribution in [1.29, 1.82) is 0 Å². The van der Waals surface area contributed by atoms with E-state index in [-0.39, 0.29) is 0 Å². The summed E-state index contributed by atoms with van der Waals surface area (Å²) in [5.74, 6) is 0. The number of hydrogen-bond acceptors (Lipinski definition) is 3. The summed E-state index contributed by atoms with van der Waals surface area (Å²) in [4.78, 5) is 2.52. The van der Waals surface area contributed by atoms with Crippen molar-refractivity contribution in [3.05, 3.63) is 35.4 Å². The van der Waals surface area contributed by atoms with Gasteiger partial charge in [-0.15, -0.1) is 0 Å². The van der Waals surface area contributed by atoms with E-state index in [9.17, 15) is 0 Å². The lowest BCUT2D eigenvalue weighted by atomic mass is 10.0. The second-order valence-corrected chi connectivity index (χ2v) is 5.21. The van der Waals surface area contributed by atoms with Gasteiger partial charge in [-0.2, -0.15) is 0 Å². The monoisotopic (exact) mass is 262 g/mol. The zero-order valence-electron chi connectivity index (χ0n) is 12.2. The van der Waals surface area contributed by atoms with Crippen LogP contribution in [-0.2, 0) is 11.2 Å². The SMILES string of the molecule is CCCc1ccc(C(CNC)N2CCOCC2)cc1. The van der Waals surface area contributed by atoms with Crippen LogP contribution in [0.25, 0.3) is 0 Å². The lowest BCUT2D eigenvalue weighted by Gasteiger charge is -2.34. The summed E-state index contributed by atoms with van der Waals surface area (Å²) in [5.41, 5.74) is 2.85. The second-order valence-electron chi connectivity index (χ2n) is 5.21. The van der Waals surface area contributed by atoms with E-state index in [1.165, 1.54) is 24.0 Å². The number of rotatable bonds is 6. The summed E-state index contributed by atoms with van der Waals surface area (Å²) in [6.07, 6.45) is 2.39. The number of nitrogens with zero attached hydrogens (tertiary/aromatic N) is 1. The third-order valence-corrected chi connectivity index (χ3v) is 3.79. The van der Waals surface area contributed by atoms with Crippen molar-refractivity contribution in [3.8, 4) is 0 Å². The lowest BCUT2D eigenvalue weighted by Crippen LogP contribution is -2.42. The van der Waals surface area contributed by atoms with E-state index in [4.69, 9.17) is 4.74 Å². The molecule has 19 heavy (non-hydrogen) atoms. The third kappa shape index (κ3) is 4.03. The Bertz CT molecular complexity index is 358. The first-order chi connectivity index (χ1) is 9.35. The summed E-state index contributed by atoms with van der Waals surface area (Å²) in [6.45, 7) is 6.99. The zero-order chi connectivity index (χ0) is 13.5. The molecule has 2 rings (SSSR count). The number of morpholine rings is 1. The van der Waals surface area contributed by atoms with E-state index < -0.39 is 0 Å². The Morgan fingerprint density at radius 2 is 1.89 bits per heavy atom. The largest absolute Gasteiger partial charge is 0.379 e. The van der Waals surface area contributed by atoms with Crippen LogP contribution in [0.2, 0.25) is 0 Å². The minimum absolute atomic E-state index is 0.463. The van der Waals surface area contributed by atoms with Crippen molar-refractivity contribution in [2.45, 2.75) is 25.8 Å². The van der Waals surface area contributed by atoms with Gasteiger partial charge in [0.2, 0.25) is 0 Å². The molecule has 3 heteroatoms. The topological polar surface area (TPSA) is 24.5 Å². The highest BCUT2D eigenvalue weighted by Gasteiger charge is 2.21. The molecule has 1 aliphatic rings. The first-order valence-corrected chi connectivity index (χ1v) is 7.40. The molecular weight excluding hydrogens is 236 g/mol. The Hall–Kier alpha value is -0.900. The molecule has 1 aromatic rings. The molecule has 1 atom stereocenters. The van der Waals surface area contributed by atoms with E-state index in [2.05, 4.69) is 41.4 Å². The van der Waals surface area contributed by atoms with Crippen molar-refractivity contribution < 1.29 is 4.74 Å². The molecule has 0 aliphatic carbocycles. The van der Waals surface area contributed by atoms with Crippen LogP contribution in [-0.4, -0.2) is 44.8 Å². The summed E-state index contributed by atoms with van der Waals surface area (Å²) in [6, 6.07) is 9.61. The molecule has 0 amide bonds. The number of benzene rings is 1. The second kappa shape index (κ2) is 7.63. The Morgan fingerprint density at radius 1 is 1.21 bits per heavy atom. The molecule has 1 fully saturated rings. The predicted molar refractivity (Wildman–Crippen MR) is 79.5 cm³/mol. The number of nitrogens with one attached hydrogen (secondary N) is 1. The van der Waals surface area contributed by atoms with Gasteiger partial charge >= 0.3 is 0 Å². The van der Waals surface area contributed by atoms with Crippen LogP contribution in [0.3, 0.4) is 0 Å². The number of ether oxygens (including phenoxy) is 1. The van der Waals surface area contributed by atoms with Crippen molar-refractivity contribution in [2.75, 3.05) is 39.9 Å². The van der Waals surface area contributed by atoms with Gasteiger partial charge in [0.05, 0.1) is 13.2 Å². The van der Waals surface area contributed by atoms with E-state index in [1.54, 1.807) is 0 Å². The lowest BCUT2D eigenvalue weighted by molar-refractivity contribution is 0.0165. The van der Waals surface area contributed by atoms with Crippen LogP contribution < -0.4 is 5.32 Å². The van der Waals surface area contributed by atoms with E-state index in [0.29, 0.717) is 6.04 Å². The summed E-state index contributed by atoms with van der Waals surface area (Å²) >= 11 is 0. The van der Waals surface area contributed by atoms with Crippen LogP contribution in [0.15, 0.2) is 24.3 Å². The van der Waals surface area contributed by atoms with Crippen LogP contribution in [0.4, 0.5) is 0 Å². The fourth-order valence-electron chi connectivity index (χ4n) is 2.74. The summed E-state index contributed by atoms with van der Waals surface area (Å²) < 4.78 is 5.45. The molecule has 0 spiro atoms. The van der Waals surface area contributed by atoms with Gasteiger partial charge in [-0.25, -0.2) is 0 Å². The molecule has 0 bridgehead atoms. The van der Waals surface area contributed by atoms with Crippen molar-refractivity contribution in [2.24, 2.45) is 0 Å². The number of hydrogen-bond donors (Lipinski definition) is 1. The zero-order valence-corrected chi connectivity index (χ0v) is 12.2. The van der Waals surface area contributed by atoms with Gasteiger partial charge < -0.3 is 10.1 Å². The Kier molecular flexibility index (Phi) is 5.83. The van der Waals surface area contributed by atoms with Gasteiger partial charge in [-0.05, 0) is 24.6 Å². The smallest absolute Gasteiger partial charge is 0.0594 e. The fraction of sp³-hybridized carbons (Fsp3) is 0.625. The van der Waals surface area contributed by atoms with Crippen LogP contribution >= 0.6 is 0 Å². The first-order valence-electron chi connectivity index (χ1n) is 7.40. The molecule has 1 heterocycles. The Labute approximate surface area is 116 Å². The van der Waals surface area contributed by atoms with Crippen LogP contribution in [0, 0.1) is 0 Å². The minimum Gasteiger partial charge on any atom is -0.379 e. The minimum atomic E-state index is 0.463. The van der Waals surface area contributed by atoms with Gasteiger partial charge in [-0.1, -0.05) is 37.6 Å². The molecule has 0 saturated carbocycles. The molecule has 1 N–H and O–H groups in total. The normalized spacial score (nSPS) is 18.4. The standard InChI is InChI=1S/C16H26N2O/c1-3-4-14-5-7-15(8-6-14)16(13-17-2)18-9-11-19-12-10-18/h5-8,16-17H,3-4,9-13H2,1-2H3. The van der Waals surface area contributed by atoms with Crippen molar-refractivity contribution in [1.82, 2.24) is 10.2 Å². The Morgan fingerprint density at radius 3 is 2.47 bits per heavy atom. The molecule has 1 unspecified atom stereocenters. The van der Waals surface area contributed by atoms with Crippen molar-refractivity contribution >= 4 is 0 Å². The van der Waals surface area contributed by atoms with E-state index in [0.717, 1.165) is 32.8 Å². The summed E-state index contributed by atoms with van der Waals surface area (Å²) in [7, 11) is 2.03. The van der Waals surface area contributed by atoms with Gasteiger partial charge in [0, 0.05) is 25.7 Å². The van der Waals surface area contributed by atoms with Gasteiger partial charge in [-0.3, -0.25) is 4.90 Å². The Balaban J connectivity index is 2.08. The number of likely N-dealkylation sites (N-methyl/N-ethyl adjacent to an activating group) is 1. The predicted octanol–water partition coefficient (Wildman–Crippen LogP) is 2.23. The molecule has 0 aromatic heterocycles. The average molecular weight is 262 g/mol. The molecule has 3 nitrogen and oxygen atoms in total. The van der Waals surface area contributed by atoms with E-state index >= 15 is 0 Å². The molecular formula is C16H26N2O. The highest BCUT2D eigenvalue weighted by Crippen LogP contribution is 2.22. The molecule has 1 saturated heterocycles. The van der Waals surface area contributed by atoms with Crippen molar-refractivity contribution in [3.63, 3.8) is 0 Å². The third-order valence-electron chi connectivity index (χ3n) is 3.79. The van der Waals surface area contributed by atoms with Crippen LogP contribution in [0.1, 0.15) is 30.5 Å². The molecule has 1 aromatic carbocycles. The molecule has 1 aliphatic heterocycles. The van der Waals surface area contributed by atoms with E-state index in [1.807, 2.05) is 7.05 Å². The highest BCUT2D eigenvalue weighted by atomic mass is 16.5. The highest BCUT2D eigenvalue weighted by molar-refractivity contribution is 5.25. The number of aryl methyl sites for hydroxylation is 1. The van der Waals surface area contributed by atoms with Gasteiger partial charge in [0.1, 0.15) is 0 Å². The molecule has 0 radical (unpaired) electrons. The van der Waals surface area contributed by atoms with Gasteiger partial charge in [0.15, 0.2) is 0 Å².